The van der Waals surface area contributed by atoms with Crippen LogP contribution in [-0.2, 0) is 0 Å². The van der Waals surface area contributed by atoms with Gasteiger partial charge in [-0.05, 0) is 6.08 Å². The van der Waals surface area contributed by atoms with E-state index in [1.165, 1.54) is 0 Å². The minimum atomic E-state index is 0.991. The Bertz CT molecular complexity index is 305. The molecule has 1 aliphatic carbocycles. The minimum absolute atomic E-state index is 0.991. The number of nitrogens with one attached hydrogen (secondary N) is 1. The van der Waals surface area contributed by atoms with Crippen LogP contribution in [0.2, 0.25) is 0 Å². The summed E-state index contributed by atoms with van der Waals surface area (Å²) in [6.07, 6.45) is 11.6. The number of fused-ring (bicyclic) bond motifs is 1. The second-order valence-electron chi connectivity index (χ2n) is 2.24. The molecule has 1 heterocycles. The largest absolute Gasteiger partial charge is 0.259 e. The molecule has 0 atom stereocenters. The van der Waals surface area contributed by atoms with Crippen LogP contribution < -0.4 is 5.43 Å². The van der Waals surface area contributed by atoms with Gasteiger partial charge in [0.25, 0.3) is 0 Å². The lowest BCUT2D eigenvalue weighted by Crippen LogP contribution is -2.08. The van der Waals surface area contributed by atoms with Crippen LogP contribution in [-0.4, -0.2) is 0 Å². The predicted molar refractivity (Wildman–Crippen MR) is 42.4 cm³/mol. The average Bonchev–Trinajstić information content (AvgIpc) is 2.28. The van der Waals surface area contributed by atoms with E-state index in [-0.39, 0.29) is 0 Å². The Kier molecular flexibility index (Phi) is 1.41. The van der Waals surface area contributed by atoms with Gasteiger partial charge in [-0.25, -0.2) is 0 Å². The number of rotatable bonds is 0. The van der Waals surface area contributed by atoms with Crippen molar-refractivity contribution in [2.75, 3.05) is 0 Å². The van der Waals surface area contributed by atoms with Crippen molar-refractivity contribution in [1.29, 1.82) is 0 Å². The fourth-order valence-electron chi connectivity index (χ4n) is 0.949. The summed E-state index contributed by atoms with van der Waals surface area (Å²) in [5, 5.41) is 7.40. The fraction of sp³-hybridized carbons (Fsp3) is 0. The van der Waals surface area contributed by atoms with Crippen molar-refractivity contribution in [2.45, 2.75) is 0 Å². The smallest absolute Gasteiger partial charge is 0.0667 e. The molecule has 3 nitrogen and oxygen atoms in total. The van der Waals surface area contributed by atoms with Crippen LogP contribution in [0, 0.1) is 0 Å². The molecule has 0 unspecified atom stereocenters. The van der Waals surface area contributed by atoms with Crippen LogP contribution in [0.3, 0.4) is 0 Å². The number of hydrogen-bond acceptors (Lipinski definition) is 3. The molecule has 0 spiro atoms. The third kappa shape index (κ3) is 1.12. The molecule has 0 saturated heterocycles. The highest BCUT2D eigenvalue weighted by Crippen LogP contribution is 2.14. The third-order valence-corrected chi connectivity index (χ3v) is 1.50. The highest BCUT2D eigenvalue weighted by atomic mass is 15.4. The summed E-state index contributed by atoms with van der Waals surface area (Å²) in [5.41, 5.74) is 4.86. The van der Waals surface area contributed by atoms with Crippen molar-refractivity contribution in [2.24, 2.45) is 10.3 Å². The van der Waals surface area contributed by atoms with Gasteiger partial charge in [-0.15, -0.1) is 5.11 Å². The van der Waals surface area contributed by atoms with E-state index in [0.717, 1.165) is 11.3 Å². The average molecular weight is 145 g/mol. The van der Waals surface area contributed by atoms with Crippen LogP contribution in [0.1, 0.15) is 0 Å². The first-order valence-corrected chi connectivity index (χ1v) is 3.38. The second kappa shape index (κ2) is 2.54. The van der Waals surface area contributed by atoms with E-state index in [9.17, 15) is 0 Å². The molecule has 1 N–H and O–H groups in total. The molecule has 3 heteroatoms. The Balaban J connectivity index is 2.44. The lowest BCUT2D eigenvalue weighted by molar-refractivity contribution is 0.800. The Labute approximate surface area is 64.5 Å². The van der Waals surface area contributed by atoms with Gasteiger partial charge in [0.2, 0.25) is 0 Å². The normalized spacial score (nSPS) is 19.6. The van der Waals surface area contributed by atoms with Gasteiger partial charge < -0.3 is 0 Å². The molecule has 2 aliphatic rings. The molecule has 0 amide bonds. The molecule has 2 rings (SSSR count). The Morgan fingerprint density at radius 3 is 3.18 bits per heavy atom. The zero-order valence-corrected chi connectivity index (χ0v) is 5.86. The maximum absolute atomic E-state index is 3.74. The molecule has 11 heavy (non-hydrogen) atoms. The number of hydrogen-bond donors (Lipinski definition) is 1. The molecule has 54 valence electrons. The predicted octanol–water partition coefficient (Wildman–Crippen LogP) is 1.85. The molecule has 0 aromatic heterocycles. The van der Waals surface area contributed by atoms with Gasteiger partial charge in [0.15, 0.2) is 0 Å². The van der Waals surface area contributed by atoms with Gasteiger partial charge in [0, 0.05) is 5.57 Å². The summed E-state index contributed by atoms with van der Waals surface area (Å²) >= 11 is 0. The van der Waals surface area contributed by atoms with Crippen LogP contribution in [0.15, 0.2) is 58.2 Å². The molecule has 0 aromatic carbocycles. The standard InChI is InChI=1S/C8H7N3/c1-2-4-7-6-9-11-10-8(7)5-3-1/h1-6H,(H,9,10). The third-order valence-electron chi connectivity index (χ3n) is 1.50. The van der Waals surface area contributed by atoms with Crippen molar-refractivity contribution in [3.8, 4) is 0 Å². The second-order valence-corrected chi connectivity index (χ2v) is 2.24. The molecular formula is C8H7N3. The fourth-order valence-corrected chi connectivity index (χ4v) is 0.949. The van der Waals surface area contributed by atoms with Gasteiger partial charge in [-0.1, -0.05) is 29.5 Å². The summed E-state index contributed by atoms with van der Waals surface area (Å²) in [6, 6.07) is 0. The van der Waals surface area contributed by atoms with Crippen LogP contribution in [0.25, 0.3) is 0 Å². The van der Waals surface area contributed by atoms with Crippen LogP contribution in [0.4, 0.5) is 0 Å². The topological polar surface area (TPSA) is 36.8 Å². The molecule has 0 radical (unpaired) electrons. The Morgan fingerprint density at radius 1 is 1.18 bits per heavy atom. The van der Waals surface area contributed by atoms with Gasteiger partial charge in [-0.2, -0.15) is 0 Å². The van der Waals surface area contributed by atoms with Crippen molar-refractivity contribution in [3.63, 3.8) is 0 Å². The quantitative estimate of drug-likeness (QED) is 0.554. The Hall–Kier alpha value is -1.64. The highest BCUT2D eigenvalue weighted by Gasteiger charge is 2.04. The maximum Gasteiger partial charge on any atom is 0.0667 e. The summed E-state index contributed by atoms with van der Waals surface area (Å²) in [5.74, 6) is 0. The summed E-state index contributed by atoms with van der Waals surface area (Å²) in [7, 11) is 0. The maximum atomic E-state index is 3.74. The summed E-state index contributed by atoms with van der Waals surface area (Å²) in [4.78, 5) is 0. The van der Waals surface area contributed by atoms with Crippen molar-refractivity contribution in [1.82, 2.24) is 5.43 Å². The van der Waals surface area contributed by atoms with Gasteiger partial charge in [0.05, 0.1) is 11.9 Å². The van der Waals surface area contributed by atoms with Crippen LogP contribution >= 0.6 is 0 Å². The van der Waals surface area contributed by atoms with E-state index < -0.39 is 0 Å². The van der Waals surface area contributed by atoms with Crippen LogP contribution in [0.5, 0.6) is 0 Å². The lowest BCUT2D eigenvalue weighted by atomic mass is 10.2. The van der Waals surface area contributed by atoms with E-state index in [0.29, 0.717) is 0 Å². The number of allylic oxidation sites excluding steroid dienone is 5. The SMILES string of the molecule is C1=CC=C2NN=NC=C2C=C1. The zero-order chi connectivity index (χ0) is 7.52. The van der Waals surface area contributed by atoms with E-state index in [1.54, 1.807) is 6.20 Å². The van der Waals surface area contributed by atoms with Gasteiger partial charge >= 0.3 is 0 Å². The van der Waals surface area contributed by atoms with E-state index in [1.807, 2.05) is 30.4 Å². The van der Waals surface area contributed by atoms with E-state index >= 15 is 0 Å². The summed E-state index contributed by atoms with van der Waals surface area (Å²) < 4.78 is 0. The highest BCUT2D eigenvalue weighted by molar-refractivity contribution is 5.44. The van der Waals surface area contributed by atoms with Gasteiger partial charge in [-0.3, -0.25) is 5.43 Å². The van der Waals surface area contributed by atoms with Crippen molar-refractivity contribution < 1.29 is 0 Å². The molecule has 0 saturated carbocycles. The first-order valence-electron chi connectivity index (χ1n) is 3.38. The lowest BCUT2D eigenvalue weighted by Gasteiger charge is -2.07. The molecule has 0 bridgehead atoms. The first-order chi connectivity index (χ1) is 5.47. The zero-order valence-electron chi connectivity index (χ0n) is 5.86. The minimum Gasteiger partial charge on any atom is -0.259 e. The van der Waals surface area contributed by atoms with Crippen molar-refractivity contribution in [3.05, 3.63) is 47.9 Å². The molecule has 0 fully saturated rings. The monoisotopic (exact) mass is 145 g/mol. The first kappa shape index (κ1) is 6.09. The van der Waals surface area contributed by atoms with E-state index in [4.69, 9.17) is 0 Å². The molecule has 0 aromatic rings. The molecule has 1 aliphatic heterocycles. The van der Waals surface area contributed by atoms with Gasteiger partial charge in [0.1, 0.15) is 0 Å². The van der Waals surface area contributed by atoms with Crippen molar-refractivity contribution >= 4 is 0 Å². The Morgan fingerprint density at radius 2 is 2.18 bits per heavy atom. The number of nitrogens with zero attached hydrogens (tertiary/aromatic N) is 2. The summed E-state index contributed by atoms with van der Waals surface area (Å²) in [6.45, 7) is 0. The van der Waals surface area contributed by atoms with E-state index in [2.05, 4.69) is 15.8 Å². The molecular weight excluding hydrogens is 138 g/mol.